The summed E-state index contributed by atoms with van der Waals surface area (Å²) in [6.45, 7) is -0.300. The third kappa shape index (κ3) is 3.09. The molecule has 0 radical (unpaired) electrons. The highest BCUT2D eigenvalue weighted by Crippen LogP contribution is 2.32. The molecule has 0 spiro atoms. The molecule has 0 unspecified atom stereocenters. The lowest BCUT2D eigenvalue weighted by Gasteiger charge is -2.20. The van der Waals surface area contributed by atoms with Crippen LogP contribution < -0.4 is 10.2 Å². The van der Waals surface area contributed by atoms with Crippen LogP contribution in [-0.4, -0.2) is 41.4 Å². The average molecular weight is 402 g/mol. The largest absolute Gasteiger partial charge is 0.323 e. The third-order valence-corrected chi connectivity index (χ3v) is 4.71. The molecule has 10 heteroatoms. The summed E-state index contributed by atoms with van der Waals surface area (Å²) in [5.41, 5.74) is 0.525. The molecule has 3 amide bonds. The quantitative estimate of drug-likeness (QED) is 0.796. The Balaban J connectivity index is 1.50. The molecular weight excluding hydrogens is 389 g/mol. The van der Waals surface area contributed by atoms with Crippen molar-refractivity contribution in [2.45, 2.75) is 12.1 Å². The van der Waals surface area contributed by atoms with Crippen LogP contribution in [0.2, 0.25) is 5.02 Å². The topological polar surface area (TPSA) is 94.4 Å². The van der Waals surface area contributed by atoms with E-state index in [0.29, 0.717) is 10.7 Å². The lowest BCUT2D eigenvalue weighted by Crippen LogP contribution is -2.43. The number of hydrogen-bond donors (Lipinski definition) is 1. The second-order valence-electron chi connectivity index (χ2n) is 6.21. The number of benzene rings is 2. The molecule has 2 aliphatic heterocycles. The first-order valence-corrected chi connectivity index (χ1v) is 8.68. The molecular formula is C18H13ClFN5O3. The van der Waals surface area contributed by atoms with E-state index in [1.165, 1.54) is 18.2 Å². The summed E-state index contributed by atoms with van der Waals surface area (Å²) in [5, 5.41) is 11.7. The first kappa shape index (κ1) is 18.1. The summed E-state index contributed by atoms with van der Waals surface area (Å²) in [6, 6.07) is 9.72. The van der Waals surface area contributed by atoms with Crippen LogP contribution >= 0.6 is 11.6 Å². The van der Waals surface area contributed by atoms with Gasteiger partial charge in [-0.1, -0.05) is 35.0 Å². The minimum atomic E-state index is -1.07. The zero-order chi connectivity index (χ0) is 19.8. The van der Waals surface area contributed by atoms with Crippen LogP contribution in [0.3, 0.4) is 0 Å². The van der Waals surface area contributed by atoms with Crippen molar-refractivity contribution in [1.82, 2.24) is 5.01 Å². The number of halogens is 2. The van der Waals surface area contributed by atoms with Gasteiger partial charge in [-0.25, -0.2) is 9.29 Å². The molecule has 1 N–H and O–H groups in total. The number of amides is 3. The number of para-hydroxylation sites is 1. The molecule has 2 aromatic carbocycles. The fourth-order valence-corrected chi connectivity index (χ4v) is 3.31. The lowest BCUT2D eigenvalue weighted by atomic mass is 10.1. The van der Waals surface area contributed by atoms with Gasteiger partial charge >= 0.3 is 0 Å². The predicted molar refractivity (Wildman–Crippen MR) is 98.1 cm³/mol. The second-order valence-corrected chi connectivity index (χ2v) is 6.62. The zero-order valence-electron chi connectivity index (χ0n) is 14.3. The minimum Gasteiger partial charge on any atom is -0.323 e. The molecule has 1 saturated heterocycles. The van der Waals surface area contributed by atoms with Gasteiger partial charge in [-0.05, 0) is 30.3 Å². The van der Waals surface area contributed by atoms with Gasteiger partial charge in [-0.15, -0.1) is 0 Å². The molecule has 2 aromatic rings. The number of imide groups is 1. The summed E-state index contributed by atoms with van der Waals surface area (Å²) < 4.78 is 13.5. The van der Waals surface area contributed by atoms with Gasteiger partial charge in [-0.3, -0.25) is 19.4 Å². The Bertz CT molecular complexity index is 1010. The minimum absolute atomic E-state index is 0.111. The molecule has 0 aliphatic carbocycles. The smallest absolute Gasteiger partial charge is 0.263 e. The normalized spacial score (nSPS) is 20.6. The Hall–Kier alpha value is -3.33. The van der Waals surface area contributed by atoms with Gasteiger partial charge in [0.25, 0.3) is 11.8 Å². The number of carbonyl (C=O) groups excluding carboxylic acids is 3. The lowest BCUT2D eigenvalue weighted by molar-refractivity contribution is -0.123. The molecule has 4 rings (SSSR count). The van der Waals surface area contributed by atoms with Crippen molar-refractivity contribution >= 4 is 40.7 Å². The van der Waals surface area contributed by atoms with E-state index in [9.17, 15) is 18.8 Å². The molecule has 1 fully saturated rings. The first-order valence-electron chi connectivity index (χ1n) is 8.31. The number of hydrogen-bond acceptors (Lipinski definition) is 6. The molecule has 0 bridgehead atoms. The molecule has 2 aliphatic rings. The van der Waals surface area contributed by atoms with Crippen molar-refractivity contribution in [1.29, 1.82) is 0 Å². The maximum atomic E-state index is 13.5. The van der Waals surface area contributed by atoms with E-state index in [1.807, 2.05) is 0 Å². The van der Waals surface area contributed by atoms with Gasteiger partial charge in [0.15, 0.2) is 12.1 Å². The van der Waals surface area contributed by atoms with Crippen LogP contribution in [0.1, 0.15) is 0 Å². The molecule has 8 nitrogen and oxygen atoms in total. The van der Waals surface area contributed by atoms with Crippen molar-refractivity contribution in [3.63, 3.8) is 0 Å². The van der Waals surface area contributed by atoms with Crippen LogP contribution in [0, 0.1) is 5.82 Å². The van der Waals surface area contributed by atoms with E-state index >= 15 is 0 Å². The maximum Gasteiger partial charge on any atom is 0.263 e. The summed E-state index contributed by atoms with van der Waals surface area (Å²) in [7, 11) is 0. The van der Waals surface area contributed by atoms with Crippen molar-refractivity contribution in [3.8, 4) is 0 Å². The number of nitrogens with one attached hydrogen (secondary N) is 1. The van der Waals surface area contributed by atoms with Gasteiger partial charge in [0.1, 0.15) is 12.4 Å². The Morgan fingerprint density at radius 3 is 2.68 bits per heavy atom. The number of rotatable bonds is 4. The Morgan fingerprint density at radius 1 is 1.14 bits per heavy atom. The molecule has 28 heavy (non-hydrogen) atoms. The van der Waals surface area contributed by atoms with E-state index in [-0.39, 0.29) is 12.2 Å². The van der Waals surface area contributed by atoms with Gasteiger partial charge in [0.2, 0.25) is 5.91 Å². The SMILES string of the molecule is O=C(CN1N=N[C@@H]2C(=O)N(c3cccc(F)c3)C(=O)[C@@H]21)Nc1ccccc1Cl. The molecule has 0 saturated carbocycles. The Labute approximate surface area is 163 Å². The van der Waals surface area contributed by atoms with E-state index in [2.05, 4.69) is 15.7 Å². The third-order valence-electron chi connectivity index (χ3n) is 4.38. The van der Waals surface area contributed by atoms with E-state index in [1.54, 1.807) is 24.3 Å². The van der Waals surface area contributed by atoms with Crippen molar-refractivity contribution in [2.24, 2.45) is 10.3 Å². The van der Waals surface area contributed by atoms with Crippen LogP contribution in [-0.2, 0) is 14.4 Å². The monoisotopic (exact) mass is 401 g/mol. The molecule has 0 aromatic heterocycles. The van der Waals surface area contributed by atoms with E-state index in [0.717, 1.165) is 16.0 Å². The summed E-state index contributed by atoms with van der Waals surface area (Å²) in [6.07, 6.45) is 0. The van der Waals surface area contributed by atoms with Crippen molar-refractivity contribution < 1.29 is 18.8 Å². The standard InChI is InChI=1S/C18H13ClFN5O3/c19-12-6-1-2-7-13(12)21-14(26)9-24-16-15(22-23-24)17(27)25(18(16)28)11-5-3-4-10(20)8-11/h1-8,15-16H,9H2,(H,21,26)/t15-,16+/m0/s1. The van der Waals surface area contributed by atoms with Crippen LogP contribution in [0.15, 0.2) is 58.9 Å². The van der Waals surface area contributed by atoms with Gasteiger partial charge in [-0.2, -0.15) is 5.11 Å². The summed E-state index contributed by atoms with van der Waals surface area (Å²) >= 11 is 6.01. The van der Waals surface area contributed by atoms with Gasteiger partial charge in [0, 0.05) is 0 Å². The molecule has 2 atom stereocenters. The fraction of sp³-hybridized carbons (Fsp3) is 0.167. The van der Waals surface area contributed by atoms with Crippen LogP contribution in [0.25, 0.3) is 0 Å². The number of carbonyl (C=O) groups is 3. The summed E-state index contributed by atoms with van der Waals surface area (Å²) in [5.74, 6) is -2.28. The molecule has 2 heterocycles. The van der Waals surface area contributed by atoms with Crippen molar-refractivity contribution in [2.75, 3.05) is 16.8 Å². The highest BCUT2D eigenvalue weighted by Gasteiger charge is 2.55. The van der Waals surface area contributed by atoms with E-state index in [4.69, 9.17) is 11.6 Å². The maximum absolute atomic E-state index is 13.5. The molecule has 142 valence electrons. The van der Waals surface area contributed by atoms with Crippen LogP contribution in [0.5, 0.6) is 0 Å². The Kier molecular flexibility index (Phi) is 4.52. The van der Waals surface area contributed by atoms with Crippen molar-refractivity contribution in [3.05, 3.63) is 59.4 Å². The second kappa shape index (κ2) is 7.01. The highest BCUT2D eigenvalue weighted by atomic mass is 35.5. The van der Waals surface area contributed by atoms with Gasteiger partial charge < -0.3 is 5.32 Å². The zero-order valence-corrected chi connectivity index (χ0v) is 15.0. The van der Waals surface area contributed by atoms with E-state index < -0.39 is 35.6 Å². The number of nitrogens with zero attached hydrogens (tertiary/aromatic N) is 4. The van der Waals surface area contributed by atoms with Crippen LogP contribution in [0.4, 0.5) is 15.8 Å². The Morgan fingerprint density at radius 2 is 1.93 bits per heavy atom. The fourth-order valence-electron chi connectivity index (χ4n) is 3.12. The number of anilines is 2. The number of fused-ring (bicyclic) bond motifs is 1. The highest BCUT2D eigenvalue weighted by molar-refractivity contribution is 6.33. The predicted octanol–water partition coefficient (Wildman–Crippen LogP) is 2.41. The van der Waals surface area contributed by atoms with Gasteiger partial charge in [0.05, 0.1) is 16.4 Å². The summed E-state index contributed by atoms with van der Waals surface area (Å²) in [4.78, 5) is 38.5. The average Bonchev–Trinajstić information content (AvgIpc) is 3.17. The first-order chi connectivity index (χ1) is 13.5.